The molecule has 0 aromatic carbocycles. The van der Waals surface area contributed by atoms with E-state index in [-0.39, 0.29) is 0 Å². The van der Waals surface area contributed by atoms with Gasteiger partial charge in [0, 0.05) is 0 Å². The highest BCUT2D eigenvalue weighted by Gasteiger charge is 2.06. The van der Waals surface area contributed by atoms with Gasteiger partial charge >= 0.3 is 0 Å². The molecule has 0 atom stereocenters. The van der Waals surface area contributed by atoms with Gasteiger partial charge < -0.3 is 4.90 Å². The Morgan fingerprint density at radius 3 is 1.72 bits per heavy atom. The topological polar surface area (TPSA) is 3.24 Å². The highest BCUT2D eigenvalue weighted by atomic mass is 32.1. The fourth-order valence-corrected chi connectivity index (χ4v) is 3.09. The lowest BCUT2D eigenvalue weighted by molar-refractivity contribution is 0.242. The van der Waals surface area contributed by atoms with Crippen LogP contribution in [0.4, 0.5) is 0 Å². The summed E-state index contributed by atoms with van der Waals surface area (Å²) in [5, 5.41) is 0. The van der Waals surface area contributed by atoms with Gasteiger partial charge in [-0.3, -0.25) is 0 Å². The molecule has 1 saturated heterocycles. The molecule has 108 valence electrons. The van der Waals surface area contributed by atoms with E-state index in [4.69, 9.17) is 0 Å². The Kier molecular flexibility index (Phi) is 11.2. The van der Waals surface area contributed by atoms with Crippen molar-refractivity contribution in [2.75, 3.05) is 25.4 Å². The lowest BCUT2D eigenvalue weighted by atomic mass is 10.1. The Morgan fingerprint density at radius 1 is 0.611 bits per heavy atom. The molecule has 0 amide bonds. The first-order valence-electron chi connectivity index (χ1n) is 8.26. The molecule has 1 fully saturated rings. The Morgan fingerprint density at radius 2 is 1.11 bits per heavy atom. The molecule has 0 aromatic rings. The zero-order chi connectivity index (χ0) is 12.9. The molecule has 1 aliphatic rings. The van der Waals surface area contributed by atoms with Crippen LogP contribution in [0.2, 0.25) is 0 Å². The SMILES string of the molecule is SCCCCCCCCCN1CCCCCCC1. The van der Waals surface area contributed by atoms with Gasteiger partial charge in [0.05, 0.1) is 0 Å². The highest BCUT2D eigenvalue weighted by molar-refractivity contribution is 7.80. The number of hydrogen-bond donors (Lipinski definition) is 1. The molecule has 0 bridgehead atoms. The molecule has 1 heterocycles. The van der Waals surface area contributed by atoms with E-state index in [0.717, 1.165) is 5.75 Å². The zero-order valence-corrected chi connectivity index (χ0v) is 13.1. The number of unbranched alkanes of at least 4 members (excludes halogenated alkanes) is 6. The van der Waals surface area contributed by atoms with Crippen LogP contribution in [0.25, 0.3) is 0 Å². The fraction of sp³-hybridized carbons (Fsp3) is 1.00. The van der Waals surface area contributed by atoms with Gasteiger partial charge in [-0.05, 0) is 51.1 Å². The zero-order valence-electron chi connectivity index (χ0n) is 12.2. The molecule has 0 N–H and O–H groups in total. The molecule has 0 aromatic heterocycles. The van der Waals surface area contributed by atoms with E-state index in [1.165, 1.54) is 96.7 Å². The van der Waals surface area contributed by atoms with Crippen LogP contribution in [0.5, 0.6) is 0 Å². The minimum atomic E-state index is 1.06. The molecule has 0 saturated carbocycles. The van der Waals surface area contributed by atoms with Crippen molar-refractivity contribution >= 4 is 12.6 Å². The van der Waals surface area contributed by atoms with Crippen LogP contribution >= 0.6 is 12.6 Å². The van der Waals surface area contributed by atoms with Crippen molar-refractivity contribution < 1.29 is 0 Å². The number of likely N-dealkylation sites (tertiary alicyclic amines) is 1. The lowest BCUT2D eigenvalue weighted by Gasteiger charge is -2.24. The third-order valence-electron chi connectivity index (χ3n) is 4.08. The van der Waals surface area contributed by atoms with Crippen molar-refractivity contribution in [2.24, 2.45) is 0 Å². The van der Waals surface area contributed by atoms with E-state index in [1.807, 2.05) is 0 Å². The second-order valence-corrected chi connectivity index (χ2v) is 6.26. The van der Waals surface area contributed by atoms with Crippen LogP contribution in [0.3, 0.4) is 0 Å². The Bertz CT molecular complexity index is 164. The van der Waals surface area contributed by atoms with Crippen molar-refractivity contribution in [1.29, 1.82) is 0 Å². The van der Waals surface area contributed by atoms with Crippen LogP contribution in [0.15, 0.2) is 0 Å². The maximum Gasteiger partial charge on any atom is -0.00187 e. The summed E-state index contributed by atoms with van der Waals surface area (Å²) in [6.45, 7) is 4.08. The highest BCUT2D eigenvalue weighted by Crippen LogP contribution is 2.12. The summed E-state index contributed by atoms with van der Waals surface area (Å²) in [7, 11) is 0. The molecule has 1 aliphatic heterocycles. The molecule has 0 unspecified atom stereocenters. The summed E-state index contributed by atoms with van der Waals surface area (Å²) in [4.78, 5) is 2.71. The van der Waals surface area contributed by atoms with Gasteiger partial charge in [0.15, 0.2) is 0 Å². The number of thiol groups is 1. The predicted molar refractivity (Wildman–Crippen MR) is 85.7 cm³/mol. The molecule has 18 heavy (non-hydrogen) atoms. The average Bonchev–Trinajstić information content (AvgIpc) is 2.34. The molecule has 0 radical (unpaired) electrons. The van der Waals surface area contributed by atoms with Crippen LogP contribution < -0.4 is 0 Å². The number of nitrogens with zero attached hydrogens (tertiary/aromatic N) is 1. The Labute approximate surface area is 120 Å². The van der Waals surface area contributed by atoms with Gasteiger partial charge in [0.2, 0.25) is 0 Å². The van der Waals surface area contributed by atoms with Gasteiger partial charge in [0.1, 0.15) is 0 Å². The van der Waals surface area contributed by atoms with Crippen molar-refractivity contribution in [1.82, 2.24) is 4.90 Å². The second kappa shape index (κ2) is 12.3. The monoisotopic (exact) mass is 271 g/mol. The van der Waals surface area contributed by atoms with Gasteiger partial charge in [-0.25, -0.2) is 0 Å². The van der Waals surface area contributed by atoms with Gasteiger partial charge in [-0.2, -0.15) is 12.6 Å². The third kappa shape index (κ3) is 9.27. The van der Waals surface area contributed by atoms with E-state index in [2.05, 4.69) is 17.5 Å². The van der Waals surface area contributed by atoms with E-state index in [0.29, 0.717) is 0 Å². The first-order chi connectivity index (χ1) is 8.93. The summed E-state index contributed by atoms with van der Waals surface area (Å²) >= 11 is 4.25. The molecule has 1 nitrogen and oxygen atoms in total. The second-order valence-electron chi connectivity index (χ2n) is 5.81. The standard InChI is InChI=1S/C16H33NS/c18-16-12-8-3-1-2-5-9-13-17-14-10-6-4-7-11-15-17/h18H,1-16H2. The molecular weight excluding hydrogens is 238 g/mol. The third-order valence-corrected chi connectivity index (χ3v) is 4.40. The van der Waals surface area contributed by atoms with Crippen LogP contribution in [-0.4, -0.2) is 30.3 Å². The maximum atomic E-state index is 4.25. The summed E-state index contributed by atoms with van der Waals surface area (Å²) < 4.78 is 0. The summed E-state index contributed by atoms with van der Waals surface area (Å²) in [5.74, 6) is 1.06. The number of hydrogen-bond acceptors (Lipinski definition) is 2. The molecule has 0 spiro atoms. The van der Waals surface area contributed by atoms with E-state index in [1.54, 1.807) is 0 Å². The smallest absolute Gasteiger partial charge is 0.00187 e. The molecule has 1 rings (SSSR count). The summed E-state index contributed by atoms with van der Waals surface area (Å²) in [5.41, 5.74) is 0. The molecular formula is C16H33NS. The van der Waals surface area contributed by atoms with Crippen LogP contribution in [0.1, 0.15) is 77.0 Å². The van der Waals surface area contributed by atoms with E-state index < -0.39 is 0 Å². The maximum absolute atomic E-state index is 4.25. The normalized spacial score (nSPS) is 18.5. The quantitative estimate of drug-likeness (QED) is 0.460. The summed E-state index contributed by atoms with van der Waals surface area (Å²) in [6.07, 6.45) is 17.1. The van der Waals surface area contributed by atoms with Gasteiger partial charge in [-0.15, -0.1) is 0 Å². The predicted octanol–water partition coefficient (Wildman–Crippen LogP) is 4.91. The van der Waals surface area contributed by atoms with Crippen LogP contribution in [-0.2, 0) is 0 Å². The lowest BCUT2D eigenvalue weighted by Crippen LogP contribution is -2.28. The van der Waals surface area contributed by atoms with Gasteiger partial charge in [0.25, 0.3) is 0 Å². The van der Waals surface area contributed by atoms with E-state index >= 15 is 0 Å². The Hall–Kier alpha value is 0.310. The largest absolute Gasteiger partial charge is 0.303 e. The minimum Gasteiger partial charge on any atom is -0.303 e. The van der Waals surface area contributed by atoms with Crippen molar-refractivity contribution in [3.63, 3.8) is 0 Å². The van der Waals surface area contributed by atoms with Gasteiger partial charge in [-0.1, -0.05) is 51.4 Å². The first kappa shape index (κ1) is 16.4. The summed E-state index contributed by atoms with van der Waals surface area (Å²) in [6, 6.07) is 0. The Balaban J connectivity index is 1.86. The van der Waals surface area contributed by atoms with Crippen LogP contribution in [0, 0.1) is 0 Å². The fourth-order valence-electron chi connectivity index (χ4n) is 2.87. The molecule has 0 aliphatic carbocycles. The average molecular weight is 272 g/mol. The van der Waals surface area contributed by atoms with Crippen molar-refractivity contribution in [3.8, 4) is 0 Å². The van der Waals surface area contributed by atoms with E-state index in [9.17, 15) is 0 Å². The minimum absolute atomic E-state index is 1.06. The number of rotatable bonds is 9. The van der Waals surface area contributed by atoms with Crippen molar-refractivity contribution in [2.45, 2.75) is 77.0 Å². The molecule has 2 heteroatoms. The van der Waals surface area contributed by atoms with Crippen molar-refractivity contribution in [3.05, 3.63) is 0 Å². The first-order valence-corrected chi connectivity index (χ1v) is 8.90.